The molecular formula is C10H16ClNOS. The van der Waals surface area contributed by atoms with E-state index in [2.05, 4.69) is 5.32 Å². The average Bonchev–Trinajstić information content (AvgIpc) is 2.44. The summed E-state index contributed by atoms with van der Waals surface area (Å²) in [4.78, 5) is 1.28. The molecule has 0 unspecified atom stereocenters. The molecule has 1 heterocycles. The second-order valence-electron chi connectivity index (χ2n) is 3.95. The molecule has 0 aromatic carbocycles. The molecule has 0 aliphatic heterocycles. The first-order valence-electron chi connectivity index (χ1n) is 4.65. The molecule has 1 aromatic heterocycles. The molecule has 0 bridgehead atoms. The Morgan fingerprint density at radius 2 is 2.21 bits per heavy atom. The van der Waals surface area contributed by atoms with E-state index in [-0.39, 0.29) is 0 Å². The molecular weight excluding hydrogens is 218 g/mol. The third-order valence-corrected chi connectivity index (χ3v) is 3.03. The molecule has 0 radical (unpaired) electrons. The minimum Gasteiger partial charge on any atom is -0.389 e. The van der Waals surface area contributed by atoms with Crippen molar-refractivity contribution in [2.24, 2.45) is 0 Å². The van der Waals surface area contributed by atoms with Gasteiger partial charge in [-0.2, -0.15) is 0 Å². The number of thiophene rings is 1. The zero-order valence-corrected chi connectivity index (χ0v) is 10.1. The van der Waals surface area contributed by atoms with Gasteiger partial charge < -0.3 is 10.4 Å². The van der Waals surface area contributed by atoms with Gasteiger partial charge in [-0.25, -0.2) is 0 Å². The van der Waals surface area contributed by atoms with Crippen molar-refractivity contribution in [2.75, 3.05) is 13.1 Å². The summed E-state index contributed by atoms with van der Waals surface area (Å²) in [7, 11) is 0. The Bertz CT molecular complexity index is 280. The topological polar surface area (TPSA) is 32.3 Å². The molecule has 14 heavy (non-hydrogen) atoms. The lowest BCUT2D eigenvalue weighted by atomic mass is 10.1. The van der Waals surface area contributed by atoms with E-state index in [1.165, 1.54) is 4.88 Å². The van der Waals surface area contributed by atoms with Gasteiger partial charge in [-0.15, -0.1) is 11.3 Å². The van der Waals surface area contributed by atoms with Crippen molar-refractivity contribution in [1.29, 1.82) is 0 Å². The molecule has 0 aliphatic carbocycles. The van der Waals surface area contributed by atoms with Gasteiger partial charge in [-0.3, -0.25) is 0 Å². The Morgan fingerprint density at radius 3 is 2.71 bits per heavy atom. The maximum Gasteiger partial charge on any atom is 0.0931 e. The smallest absolute Gasteiger partial charge is 0.0931 e. The highest BCUT2D eigenvalue weighted by atomic mass is 35.5. The van der Waals surface area contributed by atoms with Crippen LogP contribution in [0.5, 0.6) is 0 Å². The van der Waals surface area contributed by atoms with Crippen LogP contribution in [0.4, 0.5) is 0 Å². The maximum absolute atomic E-state index is 9.44. The Morgan fingerprint density at radius 1 is 1.50 bits per heavy atom. The number of hydrogen-bond acceptors (Lipinski definition) is 3. The third-order valence-electron chi connectivity index (χ3n) is 1.73. The zero-order chi connectivity index (χ0) is 10.6. The Labute approximate surface area is 93.9 Å². The number of hydrogen-bond donors (Lipinski definition) is 2. The summed E-state index contributed by atoms with van der Waals surface area (Å²) in [6.45, 7) is 5.08. The van der Waals surface area contributed by atoms with Crippen LogP contribution in [0.25, 0.3) is 0 Å². The molecule has 1 rings (SSSR count). The van der Waals surface area contributed by atoms with Crippen LogP contribution < -0.4 is 5.32 Å². The molecule has 2 nitrogen and oxygen atoms in total. The first-order valence-corrected chi connectivity index (χ1v) is 5.84. The standard InChI is InChI=1S/C10H16ClNOS/c1-10(2,13)7-12-6-5-8-3-4-9(11)14-8/h3-4,12-13H,5-7H2,1-2H3. The number of rotatable bonds is 5. The van der Waals surface area contributed by atoms with E-state index in [0.717, 1.165) is 17.3 Å². The fourth-order valence-corrected chi connectivity index (χ4v) is 2.18. The second kappa shape index (κ2) is 5.12. The Balaban J connectivity index is 2.16. The van der Waals surface area contributed by atoms with Gasteiger partial charge in [0.2, 0.25) is 0 Å². The fraction of sp³-hybridized carbons (Fsp3) is 0.600. The molecule has 0 saturated carbocycles. The van der Waals surface area contributed by atoms with E-state index >= 15 is 0 Å². The highest BCUT2D eigenvalue weighted by Crippen LogP contribution is 2.21. The normalized spacial score (nSPS) is 12.0. The van der Waals surface area contributed by atoms with Crippen LogP contribution in [0.2, 0.25) is 4.34 Å². The lowest BCUT2D eigenvalue weighted by Gasteiger charge is -2.17. The van der Waals surface area contributed by atoms with Gasteiger partial charge in [0.15, 0.2) is 0 Å². The van der Waals surface area contributed by atoms with Crippen molar-refractivity contribution in [3.63, 3.8) is 0 Å². The van der Waals surface area contributed by atoms with Crippen molar-refractivity contribution in [2.45, 2.75) is 25.9 Å². The van der Waals surface area contributed by atoms with Gasteiger partial charge in [0.1, 0.15) is 0 Å². The third kappa shape index (κ3) is 4.96. The minimum absolute atomic E-state index is 0.617. The summed E-state index contributed by atoms with van der Waals surface area (Å²) in [6.07, 6.45) is 0.966. The van der Waals surface area contributed by atoms with Crippen molar-refractivity contribution in [1.82, 2.24) is 5.32 Å². The van der Waals surface area contributed by atoms with E-state index in [4.69, 9.17) is 11.6 Å². The predicted molar refractivity (Wildman–Crippen MR) is 62.2 cm³/mol. The molecule has 0 aliphatic rings. The van der Waals surface area contributed by atoms with E-state index in [9.17, 15) is 5.11 Å². The molecule has 4 heteroatoms. The number of halogens is 1. The second-order valence-corrected chi connectivity index (χ2v) is 5.74. The highest BCUT2D eigenvalue weighted by Gasteiger charge is 2.10. The minimum atomic E-state index is -0.632. The van der Waals surface area contributed by atoms with Crippen LogP contribution in [0.3, 0.4) is 0 Å². The van der Waals surface area contributed by atoms with Gasteiger partial charge >= 0.3 is 0 Å². The molecule has 80 valence electrons. The van der Waals surface area contributed by atoms with Crippen LogP contribution in [0.1, 0.15) is 18.7 Å². The van der Waals surface area contributed by atoms with E-state index in [0.29, 0.717) is 6.54 Å². The predicted octanol–water partition coefficient (Wildman–Crippen LogP) is 2.30. The van der Waals surface area contributed by atoms with Crippen LogP contribution in [0.15, 0.2) is 12.1 Å². The summed E-state index contributed by atoms with van der Waals surface area (Å²) in [5.41, 5.74) is -0.632. The van der Waals surface area contributed by atoms with Crippen molar-refractivity contribution in [3.8, 4) is 0 Å². The van der Waals surface area contributed by atoms with Gasteiger partial charge in [0.25, 0.3) is 0 Å². The van der Waals surface area contributed by atoms with E-state index < -0.39 is 5.60 Å². The lowest BCUT2D eigenvalue weighted by molar-refractivity contribution is 0.0801. The summed E-state index contributed by atoms with van der Waals surface area (Å²) in [6, 6.07) is 3.95. The Kier molecular flexibility index (Phi) is 4.38. The maximum atomic E-state index is 9.44. The molecule has 0 saturated heterocycles. The summed E-state index contributed by atoms with van der Waals surface area (Å²) >= 11 is 7.41. The SMILES string of the molecule is CC(C)(O)CNCCc1ccc(Cl)s1. The van der Waals surface area contributed by atoms with Crippen molar-refractivity contribution >= 4 is 22.9 Å². The monoisotopic (exact) mass is 233 g/mol. The summed E-state index contributed by atoms with van der Waals surface area (Å²) in [5, 5.41) is 12.6. The largest absolute Gasteiger partial charge is 0.389 e. The Hall–Kier alpha value is -0.0900. The van der Waals surface area contributed by atoms with Crippen LogP contribution in [0, 0.1) is 0 Å². The van der Waals surface area contributed by atoms with E-state index in [1.807, 2.05) is 12.1 Å². The quantitative estimate of drug-likeness (QED) is 0.765. The number of nitrogens with one attached hydrogen (secondary N) is 1. The average molecular weight is 234 g/mol. The summed E-state index contributed by atoms with van der Waals surface area (Å²) < 4.78 is 0.836. The van der Waals surface area contributed by atoms with Crippen molar-refractivity contribution < 1.29 is 5.11 Å². The fourth-order valence-electron chi connectivity index (χ4n) is 1.09. The first kappa shape index (κ1) is 12.0. The van der Waals surface area contributed by atoms with Gasteiger partial charge in [-0.05, 0) is 32.4 Å². The number of aliphatic hydroxyl groups is 1. The highest BCUT2D eigenvalue weighted by molar-refractivity contribution is 7.16. The zero-order valence-electron chi connectivity index (χ0n) is 8.51. The molecule has 0 fully saturated rings. The molecule has 0 amide bonds. The first-order chi connectivity index (χ1) is 6.47. The lowest BCUT2D eigenvalue weighted by Crippen LogP contribution is -2.35. The van der Waals surface area contributed by atoms with Crippen LogP contribution >= 0.6 is 22.9 Å². The van der Waals surface area contributed by atoms with Gasteiger partial charge in [-0.1, -0.05) is 11.6 Å². The summed E-state index contributed by atoms with van der Waals surface area (Å²) in [5.74, 6) is 0. The molecule has 0 atom stereocenters. The molecule has 2 N–H and O–H groups in total. The molecule has 1 aromatic rings. The van der Waals surface area contributed by atoms with Gasteiger partial charge in [0.05, 0.1) is 9.94 Å². The molecule has 0 spiro atoms. The van der Waals surface area contributed by atoms with Crippen LogP contribution in [-0.2, 0) is 6.42 Å². The van der Waals surface area contributed by atoms with E-state index in [1.54, 1.807) is 25.2 Å². The van der Waals surface area contributed by atoms with Crippen LogP contribution in [-0.4, -0.2) is 23.8 Å². The van der Waals surface area contributed by atoms with Gasteiger partial charge in [0, 0.05) is 18.0 Å². The van der Waals surface area contributed by atoms with Crippen molar-refractivity contribution in [3.05, 3.63) is 21.3 Å².